The fourth-order valence-corrected chi connectivity index (χ4v) is 4.36. The van der Waals surface area contributed by atoms with Gasteiger partial charge < -0.3 is 10.1 Å². The molecule has 1 N–H and O–H groups in total. The van der Waals surface area contributed by atoms with Crippen LogP contribution in [0.4, 0.5) is 0 Å². The third-order valence-electron chi connectivity index (χ3n) is 4.36. The molecule has 4 heteroatoms. The topological polar surface area (TPSA) is 26.2 Å². The average Bonchev–Trinajstić information content (AvgIpc) is 2.77. The lowest BCUT2D eigenvalue weighted by molar-refractivity contribution is 0.404. The number of rotatable bonds is 3. The number of ether oxygens (including phenoxy) is 1. The number of aryl methyl sites for hydroxylation is 1. The summed E-state index contributed by atoms with van der Waals surface area (Å²) in [5, 5.41) is 4.91. The Morgan fingerprint density at radius 3 is 2.96 bits per heavy atom. The second kappa shape index (κ2) is 5.95. The van der Waals surface area contributed by atoms with Gasteiger partial charge >= 0.3 is 0 Å². The minimum Gasteiger partial charge on any atom is -0.496 e. The molecule has 2 aromatic carbocycles. The Balaban J connectivity index is 1.83. The van der Waals surface area contributed by atoms with E-state index < -0.39 is 0 Å². The third-order valence-corrected chi connectivity index (χ3v) is 5.38. The highest BCUT2D eigenvalue weighted by Gasteiger charge is 2.16. The van der Waals surface area contributed by atoms with Crippen LogP contribution < -0.4 is 10.1 Å². The van der Waals surface area contributed by atoms with Gasteiger partial charge in [0.05, 0.1) is 17.5 Å². The van der Waals surface area contributed by atoms with Gasteiger partial charge in [-0.2, -0.15) is 0 Å². The monoisotopic (exact) mass is 324 g/mol. The molecule has 0 amide bonds. The molecule has 1 aliphatic heterocycles. The lowest BCUT2D eigenvalue weighted by Crippen LogP contribution is -2.13. The van der Waals surface area contributed by atoms with Crippen LogP contribution in [-0.4, -0.2) is 17.6 Å². The SMILES string of the molecule is COc1ccc(C)cc1Sn1cc2c3c(cccc31)CNCC2. The van der Waals surface area contributed by atoms with Gasteiger partial charge in [-0.05, 0) is 66.7 Å². The molecular formula is C19H20N2OS. The molecule has 0 saturated heterocycles. The van der Waals surface area contributed by atoms with E-state index in [1.54, 1.807) is 19.1 Å². The molecule has 3 nitrogen and oxygen atoms in total. The van der Waals surface area contributed by atoms with E-state index in [1.165, 1.54) is 27.6 Å². The van der Waals surface area contributed by atoms with Crippen LogP contribution in [0.1, 0.15) is 16.7 Å². The first-order chi connectivity index (χ1) is 11.3. The molecule has 118 valence electrons. The van der Waals surface area contributed by atoms with Crippen molar-refractivity contribution >= 4 is 22.9 Å². The second-order valence-electron chi connectivity index (χ2n) is 5.96. The van der Waals surface area contributed by atoms with Gasteiger partial charge in [0.25, 0.3) is 0 Å². The van der Waals surface area contributed by atoms with Crippen LogP contribution >= 0.6 is 11.9 Å². The van der Waals surface area contributed by atoms with Crippen molar-refractivity contribution in [3.8, 4) is 5.75 Å². The lowest BCUT2D eigenvalue weighted by atomic mass is 10.1. The van der Waals surface area contributed by atoms with Crippen molar-refractivity contribution in [3.63, 3.8) is 0 Å². The van der Waals surface area contributed by atoms with Crippen molar-refractivity contribution in [1.82, 2.24) is 9.29 Å². The van der Waals surface area contributed by atoms with Gasteiger partial charge in [0.2, 0.25) is 0 Å². The molecule has 0 unspecified atom stereocenters. The Morgan fingerprint density at radius 2 is 2.09 bits per heavy atom. The van der Waals surface area contributed by atoms with Crippen LogP contribution in [0.15, 0.2) is 47.5 Å². The summed E-state index contributed by atoms with van der Waals surface area (Å²) in [6, 6.07) is 12.9. The third kappa shape index (κ3) is 2.62. The Bertz CT molecular complexity index is 869. The molecule has 0 saturated carbocycles. The predicted octanol–water partition coefficient (Wildman–Crippen LogP) is 4.16. The molecule has 0 aliphatic carbocycles. The number of nitrogens with zero attached hydrogens (tertiary/aromatic N) is 1. The van der Waals surface area contributed by atoms with Crippen molar-refractivity contribution in [3.05, 3.63) is 59.3 Å². The molecule has 0 bridgehead atoms. The second-order valence-corrected chi connectivity index (χ2v) is 6.98. The Morgan fingerprint density at radius 1 is 1.17 bits per heavy atom. The zero-order chi connectivity index (χ0) is 15.8. The van der Waals surface area contributed by atoms with Crippen molar-refractivity contribution in [2.75, 3.05) is 13.7 Å². The highest BCUT2D eigenvalue weighted by atomic mass is 32.2. The Hall–Kier alpha value is -1.91. The van der Waals surface area contributed by atoms with Crippen molar-refractivity contribution in [2.24, 2.45) is 0 Å². The average molecular weight is 324 g/mol. The van der Waals surface area contributed by atoms with Gasteiger partial charge in [-0.25, -0.2) is 0 Å². The van der Waals surface area contributed by atoms with Crippen LogP contribution in [0, 0.1) is 6.92 Å². The molecule has 4 rings (SSSR count). The number of benzene rings is 2. The van der Waals surface area contributed by atoms with Gasteiger partial charge in [-0.3, -0.25) is 3.97 Å². The van der Waals surface area contributed by atoms with Crippen LogP contribution in [0.3, 0.4) is 0 Å². The van der Waals surface area contributed by atoms with E-state index in [2.05, 4.69) is 52.7 Å². The highest BCUT2D eigenvalue weighted by molar-refractivity contribution is 7.98. The van der Waals surface area contributed by atoms with E-state index in [1.807, 2.05) is 6.07 Å². The van der Waals surface area contributed by atoms with Crippen molar-refractivity contribution in [2.45, 2.75) is 24.8 Å². The van der Waals surface area contributed by atoms with E-state index in [0.717, 1.165) is 30.2 Å². The maximum Gasteiger partial charge on any atom is 0.134 e. The van der Waals surface area contributed by atoms with Crippen molar-refractivity contribution in [1.29, 1.82) is 0 Å². The van der Waals surface area contributed by atoms with E-state index >= 15 is 0 Å². The van der Waals surface area contributed by atoms with Gasteiger partial charge in [0, 0.05) is 18.1 Å². The zero-order valence-corrected chi connectivity index (χ0v) is 14.2. The molecule has 0 spiro atoms. The Kier molecular flexibility index (Phi) is 3.79. The van der Waals surface area contributed by atoms with Gasteiger partial charge in [0.1, 0.15) is 5.75 Å². The molecular weight excluding hydrogens is 304 g/mol. The smallest absolute Gasteiger partial charge is 0.134 e. The van der Waals surface area contributed by atoms with Crippen LogP contribution in [0.2, 0.25) is 0 Å². The molecule has 3 aromatic rings. The minimum atomic E-state index is 0.925. The van der Waals surface area contributed by atoms with Crippen LogP contribution in [0.5, 0.6) is 5.75 Å². The maximum absolute atomic E-state index is 5.53. The van der Waals surface area contributed by atoms with Crippen molar-refractivity contribution < 1.29 is 4.74 Å². The zero-order valence-electron chi connectivity index (χ0n) is 13.4. The number of hydrogen-bond acceptors (Lipinski definition) is 3. The predicted molar refractivity (Wildman–Crippen MR) is 96.3 cm³/mol. The summed E-state index contributed by atoms with van der Waals surface area (Å²) in [6.45, 7) is 4.10. The number of nitrogens with one attached hydrogen (secondary N) is 1. The summed E-state index contributed by atoms with van der Waals surface area (Å²) < 4.78 is 7.82. The summed E-state index contributed by atoms with van der Waals surface area (Å²) in [4.78, 5) is 1.15. The number of aromatic nitrogens is 1. The van der Waals surface area contributed by atoms with Crippen LogP contribution in [-0.2, 0) is 13.0 Å². The molecule has 0 fully saturated rings. The molecule has 0 atom stereocenters. The molecule has 1 aliphatic rings. The number of hydrogen-bond donors (Lipinski definition) is 1. The van der Waals surface area contributed by atoms with E-state index in [9.17, 15) is 0 Å². The van der Waals surface area contributed by atoms with E-state index in [0.29, 0.717) is 0 Å². The van der Waals surface area contributed by atoms with Gasteiger partial charge in [-0.15, -0.1) is 0 Å². The number of methoxy groups -OCH3 is 1. The molecule has 0 radical (unpaired) electrons. The standard InChI is InChI=1S/C19H20N2OS/c1-13-6-7-17(22-2)18(10-13)23-21-12-15-8-9-20-11-14-4-3-5-16(21)19(14)15/h3-7,10,12,20H,8-9,11H2,1-2H3. The largest absolute Gasteiger partial charge is 0.496 e. The van der Waals surface area contributed by atoms with Gasteiger partial charge in [-0.1, -0.05) is 18.2 Å². The Labute approximate surface area is 140 Å². The summed E-state index contributed by atoms with van der Waals surface area (Å²) in [7, 11) is 1.73. The summed E-state index contributed by atoms with van der Waals surface area (Å²) in [6.07, 6.45) is 3.36. The normalized spacial score (nSPS) is 14.0. The molecule has 1 aromatic heterocycles. The fourth-order valence-electron chi connectivity index (χ4n) is 3.24. The summed E-state index contributed by atoms with van der Waals surface area (Å²) >= 11 is 1.73. The first-order valence-corrected chi connectivity index (χ1v) is 8.69. The van der Waals surface area contributed by atoms with Crippen LogP contribution in [0.25, 0.3) is 10.9 Å². The fraction of sp³-hybridized carbons (Fsp3) is 0.263. The lowest BCUT2D eigenvalue weighted by Gasteiger charge is -2.11. The van der Waals surface area contributed by atoms with Gasteiger partial charge in [0.15, 0.2) is 0 Å². The first kappa shape index (κ1) is 14.7. The first-order valence-electron chi connectivity index (χ1n) is 7.92. The van der Waals surface area contributed by atoms with E-state index in [-0.39, 0.29) is 0 Å². The highest BCUT2D eigenvalue weighted by Crippen LogP contribution is 2.36. The quantitative estimate of drug-likeness (QED) is 0.783. The molecule has 23 heavy (non-hydrogen) atoms. The summed E-state index contributed by atoms with van der Waals surface area (Å²) in [5.74, 6) is 0.925. The molecule has 2 heterocycles. The maximum atomic E-state index is 5.53. The van der Waals surface area contributed by atoms with E-state index in [4.69, 9.17) is 4.74 Å². The summed E-state index contributed by atoms with van der Waals surface area (Å²) in [5.41, 5.74) is 5.36. The minimum absolute atomic E-state index is 0.925.